The molecule has 0 aromatic carbocycles. The van der Waals surface area contributed by atoms with Crippen LogP contribution in [0.4, 0.5) is 0 Å². The quantitative estimate of drug-likeness (QED) is 0.668. The SMILES string of the molecule is CCNCCCNC(=O)c1ccco1. The number of hydrogen-bond donors (Lipinski definition) is 2. The lowest BCUT2D eigenvalue weighted by Crippen LogP contribution is -2.26. The molecule has 0 aliphatic heterocycles. The van der Waals surface area contributed by atoms with Crippen LogP contribution in [-0.4, -0.2) is 25.5 Å². The van der Waals surface area contributed by atoms with Crippen LogP contribution < -0.4 is 10.6 Å². The molecule has 0 saturated heterocycles. The second-order valence-electron chi connectivity index (χ2n) is 2.94. The minimum absolute atomic E-state index is 0.147. The van der Waals surface area contributed by atoms with Crippen molar-refractivity contribution in [3.8, 4) is 0 Å². The molecule has 4 nitrogen and oxygen atoms in total. The van der Waals surface area contributed by atoms with Gasteiger partial charge in [-0.15, -0.1) is 0 Å². The maximum absolute atomic E-state index is 11.3. The molecule has 0 atom stereocenters. The molecule has 0 bridgehead atoms. The standard InChI is InChI=1S/C10H16N2O2/c1-2-11-6-4-7-12-10(13)9-5-3-8-14-9/h3,5,8,11H,2,4,6-7H2,1H3,(H,12,13). The third-order valence-corrected chi connectivity index (χ3v) is 1.81. The summed E-state index contributed by atoms with van der Waals surface area (Å²) in [4.78, 5) is 11.3. The number of furan rings is 1. The zero-order valence-electron chi connectivity index (χ0n) is 8.38. The Morgan fingerprint density at radius 2 is 2.36 bits per heavy atom. The molecule has 0 spiro atoms. The molecule has 1 amide bonds. The van der Waals surface area contributed by atoms with Crippen molar-refractivity contribution < 1.29 is 9.21 Å². The van der Waals surface area contributed by atoms with Gasteiger partial charge in [0, 0.05) is 6.54 Å². The largest absolute Gasteiger partial charge is 0.459 e. The highest BCUT2D eigenvalue weighted by atomic mass is 16.3. The predicted octanol–water partition coefficient (Wildman–Crippen LogP) is 1.01. The van der Waals surface area contributed by atoms with Crippen LogP contribution in [0.2, 0.25) is 0 Å². The van der Waals surface area contributed by atoms with Crippen LogP contribution in [0.3, 0.4) is 0 Å². The Balaban J connectivity index is 2.10. The first-order valence-electron chi connectivity index (χ1n) is 4.87. The summed E-state index contributed by atoms with van der Waals surface area (Å²) in [6, 6.07) is 3.35. The fourth-order valence-electron chi connectivity index (χ4n) is 1.09. The summed E-state index contributed by atoms with van der Waals surface area (Å²) < 4.78 is 4.95. The average Bonchev–Trinajstić information content (AvgIpc) is 2.70. The monoisotopic (exact) mass is 196 g/mol. The highest BCUT2D eigenvalue weighted by Crippen LogP contribution is 1.98. The smallest absolute Gasteiger partial charge is 0.286 e. The van der Waals surface area contributed by atoms with Crippen LogP contribution in [0.1, 0.15) is 23.9 Å². The lowest BCUT2D eigenvalue weighted by molar-refractivity contribution is 0.0925. The van der Waals surface area contributed by atoms with E-state index in [0.29, 0.717) is 12.3 Å². The molecule has 0 radical (unpaired) electrons. The molecule has 1 aromatic heterocycles. The molecule has 0 aliphatic rings. The van der Waals surface area contributed by atoms with Gasteiger partial charge in [-0.25, -0.2) is 0 Å². The first kappa shape index (κ1) is 10.8. The van der Waals surface area contributed by atoms with Crippen molar-refractivity contribution in [2.75, 3.05) is 19.6 Å². The molecule has 2 N–H and O–H groups in total. The maximum atomic E-state index is 11.3. The molecule has 0 aliphatic carbocycles. The van der Waals surface area contributed by atoms with Gasteiger partial charge in [-0.3, -0.25) is 4.79 Å². The van der Waals surface area contributed by atoms with Gasteiger partial charge in [0.1, 0.15) is 0 Å². The van der Waals surface area contributed by atoms with Gasteiger partial charge in [-0.1, -0.05) is 6.92 Å². The van der Waals surface area contributed by atoms with Gasteiger partial charge in [0.25, 0.3) is 5.91 Å². The number of amides is 1. The molecule has 0 unspecified atom stereocenters. The Kier molecular flexibility index (Phi) is 4.78. The van der Waals surface area contributed by atoms with Gasteiger partial charge < -0.3 is 15.1 Å². The summed E-state index contributed by atoms with van der Waals surface area (Å²) in [7, 11) is 0. The number of carbonyl (C=O) groups is 1. The summed E-state index contributed by atoms with van der Waals surface area (Å²) in [5.41, 5.74) is 0. The predicted molar refractivity (Wildman–Crippen MR) is 54.2 cm³/mol. The molecule has 1 heterocycles. The van der Waals surface area contributed by atoms with Gasteiger partial charge in [-0.2, -0.15) is 0 Å². The average molecular weight is 196 g/mol. The van der Waals surface area contributed by atoms with Crippen LogP contribution in [0.5, 0.6) is 0 Å². The van der Waals surface area contributed by atoms with E-state index in [1.54, 1.807) is 12.1 Å². The molecule has 0 saturated carbocycles. The Hall–Kier alpha value is -1.29. The zero-order valence-corrected chi connectivity index (χ0v) is 8.38. The van der Waals surface area contributed by atoms with E-state index < -0.39 is 0 Å². The van der Waals surface area contributed by atoms with E-state index in [4.69, 9.17) is 4.42 Å². The van der Waals surface area contributed by atoms with E-state index in [1.807, 2.05) is 0 Å². The van der Waals surface area contributed by atoms with Crippen molar-refractivity contribution in [3.63, 3.8) is 0 Å². The Morgan fingerprint density at radius 1 is 1.50 bits per heavy atom. The number of nitrogens with one attached hydrogen (secondary N) is 2. The molecule has 1 aromatic rings. The van der Waals surface area contributed by atoms with E-state index in [-0.39, 0.29) is 5.91 Å². The van der Waals surface area contributed by atoms with Crippen molar-refractivity contribution in [2.45, 2.75) is 13.3 Å². The molecule has 1 rings (SSSR count). The number of rotatable bonds is 6. The Labute approximate surface area is 83.7 Å². The molecule has 4 heteroatoms. The first-order chi connectivity index (χ1) is 6.84. The van der Waals surface area contributed by atoms with Crippen molar-refractivity contribution in [3.05, 3.63) is 24.2 Å². The molecular weight excluding hydrogens is 180 g/mol. The van der Waals surface area contributed by atoms with Crippen molar-refractivity contribution in [2.24, 2.45) is 0 Å². The zero-order chi connectivity index (χ0) is 10.2. The van der Waals surface area contributed by atoms with Crippen LogP contribution in [-0.2, 0) is 0 Å². The Morgan fingerprint density at radius 3 is 3.00 bits per heavy atom. The van der Waals surface area contributed by atoms with Crippen molar-refractivity contribution in [1.29, 1.82) is 0 Å². The van der Waals surface area contributed by atoms with Crippen LogP contribution in [0.25, 0.3) is 0 Å². The highest BCUT2D eigenvalue weighted by molar-refractivity contribution is 5.91. The summed E-state index contributed by atoms with van der Waals surface area (Å²) in [5.74, 6) is 0.222. The van der Waals surface area contributed by atoms with E-state index >= 15 is 0 Å². The van der Waals surface area contributed by atoms with Crippen LogP contribution in [0, 0.1) is 0 Å². The third-order valence-electron chi connectivity index (χ3n) is 1.81. The number of hydrogen-bond acceptors (Lipinski definition) is 3. The van der Waals surface area contributed by atoms with Gasteiger partial charge >= 0.3 is 0 Å². The normalized spacial score (nSPS) is 10.1. The lowest BCUT2D eigenvalue weighted by Gasteiger charge is -2.03. The fraction of sp³-hybridized carbons (Fsp3) is 0.500. The number of carbonyl (C=O) groups excluding carboxylic acids is 1. The Bertz CT molecular complexity index is 257. The summed E-state index contributed by atoms with van der Waals surface area (Å²) in [6.07, 6.45) is 2.42. The van der Waals surface area contributed by atoms with Crippen LogP contribution in [0.15, 0.2) is 22.8 Å². The van der Waals surface area contributed by atoms with Gasteiger partial charge in [0.15, 0.2) is 5.76 Å². The molecule has 78 valence electrons. The van der Waals surface area contributed by atoms with E-state index in [2.05, 4.69) is 17.6 Å². The van der Waals surface area contributed by atoms with Gasteiger partial charge in [0.05, 0.1) is 6.26 Å². The first-order valence-corrected chi connectivity index (χ1v) is 4.87. The summed E-state index contributed by atoms with van der Waals surface area (Å²) >= 11 is 0. The van der Waals surface area contributed by atoms with Crippen molar-refractivity contribution >= 4 is 5.91 Å². The van der Waals surface area contributed by atoms with Crippen molar-refractivity contribution in [1.82, 2.24) is 10.6 Å². The minimum atomic E-state index is -0.147. The lowest BCUT2D eigenvalue weighted by atomic mass is 10.4. The second kappa shape index (κ2) is 6.21. The molecule has 0 fully saturated rings. The van der Waals surface area contributed by atoms with Gasteiger partial charge in [0.2, 0.25) is 0 Å². The van der Waals surface area contributed by atoms with E-state index in [9.17, 15) is 4.79 Å². The summed E-state index contributed by atoms with van der Waals surface area (Å²) in [6.45, 7) is 4.62. The third kappa shape index (κ3) is 3.62. The fourth-order valence-corrected chi connectivity index (χ4v) is 1.09. The maximum Gasteiger partial charge on any atom is 0.286 e. The van der Waals surface area contributed by atoms with E-state index in [0.717, 1.165) is 19.5 Å². The van der Waals surface area contributed by atoms with Gasteiger partial charge in [-0.05, 0) is 31.6 Å². The van der Waals surface area contributed by atoms with Crippen LogP contribution >= 0.6 is 0 Å². The minimum Gasteiger partial charge on any atom is -0.459 e. The molecular formula is C10H16N2O2. The molecule has 14 heavy (non-hydrogen) atoms. The topological polar surface area (TPSA) is 54.3 Å². The highest BCUT2D eigenvalue weighted by Gasteiger charge is 2.05. The van der Waals surface area contributed by atoms with E-state index in [1.165, 1.54) is 6.26 Å². The second-order valence-corrected chi connectivity index (χ2v) is 2.94. The summed E-state index contributed by atoms with van der Waals surface area (Å²) in [5, 5.41) is 5.95.